The van der Waals surface area contributed by atoms with Gasteiger partial charge in [-0.15, -0.1) is 6.58 Å². The fourth-order valence-corrected chi connectivity index (χ4v) is 2.68. The highest BCUT2D eigenvalue weighted by Crippen LogP contribution is 2.22. The number of piperazine rings is 1. The van der Waals surface area contributed by atoms with E-state index in [9.17, 15) is 4.79 Å². The van der Waals surface area contributed by atoms with Gasteiger partial charge in [-0.2, -0.15) is 0 Å². The first-order chi connectivity index (χ1) is 10.2. The van der Waals surface area contributed by atoms with Gasteiger partial charge in [0.25, 0.3) is 5.91 Å². The summed E-state index contributed by atoms with van der Waals surface area (Å²) in [5.41, 5.74) is 1.74. The van der Waals surface area contributed by atoms with Gasteiger partial charge in [0, 0.05) is 31.7 Å². The van der Waals surface area contributed by atoms with E-state index in [2.05, 4.69) is 18.4 Å². The number of ether oxygens (including phenoxy) is 1. The normalized spacial score (nSPS) is 15.8. The third-order valence-corrected chi connectivity index (χ3v) is 4.00. The number of methoxy groups -OCH3 is 1. The van der Waals surface area contributed by atoms with E-state index in [-0.39, 0.29) is 5.91 Å². The lowest BCUT2D eigenvalue weighted by Crippen LogP contribution is -2.48. The van der Waals surface area contributed by atoms with E-state index in [0.717, 1.165) is 49.6 Å². The molecule has 0 saturated carbocycles. The van der Waals surface area contributed by atoms with Gasteiger partial charge in [0.15, 0.2) is 0 Å². The first-order valence-electron chi connectivity index (χ1n) is 7.49. The number of nitrogens with zero attached hydrogens (tertiary/aromatic N) is 2. The minimum atomic E-state index is 0.110. The molecule has 0 spiro atoms. The molecule has 1 heterocycles. The third kappa shape index (κ3) is 3.64. The predicted octanol–water partition coefficient (Wildman–Crippen LogP) is 2.20. The summed E-state index contributed by atoms with van der Waals surface area (Å²) < 4.78 is 5.33. The molecule has 4 heteroatoms. The number of carbonyl (C=O) groups is 1. The number of rotatable bonds is 5. The zero-order chi connectivity index (χ0) is 15.2. The molecule has 0 N–H and O–H groups in total. The molecule has 114 valence electrons. The molecule has 1 aromatic carbocycles. The van der Waals surface area contributed by atoms with Crippen LogP contribution in [0, 0.1) is 0 Å². The molecular weight excluding hydrogens is 264 g/mol. The SMILES string of the molecule is C=CCc1cc(C(=O)N2CCN(CC)CC2)ccc1OC. The lowest BCUT2D eigenvalue weighted by molar-refractivity contribution is 0.0643. The van der Waals surface area contributed by atoms with E-state index in [4.69, 9.17) is 4.74 Å². The summed E-state index contributed by atoms with van der Waals surface area (Å²) in [4.78, 5) is 16.9. The Kier molecular flexibility index (Phi) is 5.39. The number of benzene rings is 1. The summed E-state index contributed by atoms with van der Waals surface area (Å²) in [7, 11) is 1.65. The summed E-state index contributed by atoms with van der Waals surface area (Å²) in [5.74, 6) is 0.918. The largest absolute Gasteiger partial charge is 0.496 e. The van der Waals surface area contributed by atoms with Crippen molar-refractivity contribution in [2.45, 2.75) is 13.3 Å². The van der Waals surface area contributed by atoms with Crippen LogP contribution < -0.4 is 4.74 Å². The molecule has 1 saturated heterocycles. The van der Waals surface area contributed by atoms with Gasteiger partial charge in [0.1, 0.15) is 5.75 Å². The van der Waals surface area contributed by atoms with Gasteiger partial charge in [0.05, 0.1) is 7.11 Å². The van der Waals surface area contributed by atoms with Gasteiger partial charge in [-0.05, 0) is 36.7 Å². The molecule has 4 nitrogen and oxygen atoms in total. The van der Waals surface area contributed by atoms with E-state index in [0.29, 0.717) is 6.42 Å². The lowest BCUT2D eigenvalue weighted by Gasteiger charge is -2.34. The van der Waals surface area contributed by atoms with Gasteiger partial charge in [-0.25, -0.2) is 0 Å². The molecule has 1 amide bonds. The van der Waals surface area contributed by atoms with Crippen LogP contribution in [-0.2, 0) is 6.42 Å². The molecule has 0 bridgehead atoms. The molecule has 2 rings (SSSR count). The summed E-state index contributed by atoms with van der Waals surface area (Å²) in [6.07, 6.45) is 2.53. The van der Waals surface area contributed by atoms with Crippen LogP contribution in [0.4, 0.5) is 0 Å². The molecule has 21 heavy (non-hydrogen) atoms. The van der Waals surface area contributed by atoms with Crippen LogP contribution in [0.3, 0.4) is 0 Å². The first-order valence-corrected chi connectivity index (χ1v) is 7.49. The highest BCUT2D eigenvalue weighted by molar-refractivity contribution is 5.94. The number of hydrogen-bond donors (Lipinski definition) is 0. The Morgan fingerprint density at radius 2 is 2.05 bits per heavy atom. The van der Waals surface area contributed by atoms with E-state index in [1.807, 2.05) is 29.2 Å². The number of carbonyl (C=O) groups excluding carboxylic acids is 1. The van der Waals surface area contributed by atoms with Gasteiger partial charge >= 0.3 is 0 Å². The zero-order valence-corrected chi connectivity index (χ0v) is 13.0. The van der Waals surface area contributed by atoms with Crippen LogP contribution in [0.2, 0.25) is 0 Å². The summed E-state index contributed by atoms with van der Waals surface area (Å²) in [5, 5.41) is 0. The van der Waals surface area contributed by atoms with Crippen molar-refractivity contribution >= 4 is 5.91 Å². The standard InChI is InChI=1S/C17H24N2O2/c1-4-6-14-13-15(7-8-16(14)21-3)17(20)19-11-9-18(5-2)10-12-19/h4,7-8,13H,1,5-6,9-12H2,2-3H3. The Bertz CT molecular complexity index is 506. The molecule has 0 atom stereocenters. The van der Waals surface area contributed by atoms with Gasteiger partial charge in [-0.1, -0.05) is 13.0 Å². The fourth-order valence-electron chi connectivity index (χ4n) is 2.68. The maximum Gasteiger partial charge on any atom is 0.253 e. The monoisotopic (exact) mass is 288 g/mol. The van der Waals surface area contributed by atoms with Crippen LogP contribution in [0.15, 0.2) is 30.9 Å². The number of amides is 1. The van der Waals surface area contributed by atoms with Gasteiger partial charge in [-0.3, -0.25) is 4.79 Å². The predicted molar refractivity (Wildman–Crippen MR) is 84.9 cm³/mol. The summed E-state index contributed by atoms with van der Waals surface area (Å²) >= 11 is 0. The van der Waals surface area contributed by atoms with Crippen molar-refractivity contribution in [1.82, 2.24) is 9.80 Å². The second kappa shape index (κ2) is 7.27. The van der Waals surface area contributed by atoms with Crippen LogP contribution in [0.5, 0.6) is 5.75 Å². The summed E-state index contributed by atoms with van der Waals surface area (Å²) in [6, 6.07) is 5.64. The molecule has 0 aromatic heterocycles. The average Bonchev–Trinajstić information content (AvgIpc) is 2.54. The first kappa shape index (κ1) is 15.6. The van der Waals surface area contributed by atoms with Crippen molar-refractivity contribution < 1.29 is 9.53 Å². The highest BCUT2D eigenvalue weighted by Gasteiger charge is 2.21. The second-order valence-corrected chi connectivity index (χ2v) is 5.25. The van der Waals surface area contributed by atoms with Crippen molar-refractivity contribution in [3.8, 4) is 5.75 Å². The van der Waals surface area contributed by atoms with E-state index in [1.54, 1.807) is 7.11 Å². The molecule has 0 unspecified atom stereocenters. The number of likely N-dealkylation sites (N-methyl/N-ethyl adjacent to an activating group) is 1. The van der Waals surface area contributed by atoms with Crippen LogP contribution >= 0.6 is 0 Å². The maximum absolute atomic E-state index is 12.6. The van der Waals surface area contributed by atoms with Crippen molar-refractivity contribution in [3.05, 3.63) is 42.0 Å². The molecular formula is C17H24N2O2. The summed E-state index contributed by atoms with van der Waals surface area (Å²) in [6.45, 7) is 10.5. The Hall–Kier alpha value is -1.81. The zero-order valence-electron chi connectivity index (χ0n) is 13.0. The Balaban J connectivity index is 2.12. The van der Waals surface area contributed by atoms with Gasteiger partial charge < -0.3 is 14.5 Å². The maximum atomic E-state index is 12.6. The van der Waals surface area contributed by atoms with Crippen LogP contribution in [0.1, 0.15) is 22.8 Å². The average molecular weight is 288 g/mol. The van der Waals surface area contributed by atoms with Crippen molar-refractivity contribution in [2.24, 2.45) is 0 Å². The van der Waals surface area contributed by atoms with Crippen molar-refractivity contribution in [1.29, 1.82) is 0 Å². The molecule has 1 aliphatic rings. The van der Waals surface area contributed by atoms with Gasteiger partial charge in [0.2, 0.25) is 0 Å². The molecule has 0 radical (unpaired) electrons. The van der Waals surface area contributed by atoms with Crippen LogP contribution in [-0.4, -0.2) is 55.5 Å². The minimum Gasteiger partial charge on any atom is -0.496 e. The lowest BCUT2D eigenvalue weighted by atomic mass is 10.1. The minimum absolute atomic E-state index is 0.110. The Morgan fingerprint density at radius 3 is 2.62 bits per heavy atom. The number of hydrogen-bond acceptors (Lipinski definition) is 3. The fraction of sp³-hybridized carbons (Fsp3) is 0.471. The highest BCUT2D eigenvalue weighted by atomic mass is 16.5. The molecule has 0 aliphatic carbocycles. The second-order valence-electron chi connectivity index (χ2n) is 5.25. The van der Waals surface area contributed by atoms with Crippen molar-refractivity contribution in [2.75, 3.05) is 39.8 Å². The van der Waals surface area contributed by atoms with Crippen molar-refractivity contribution in [3.63, 3.8) is 0 Å². The molecule has 1 aliphatic heterocycles. The topological polar surface area (TPSA) is 32.8 Å². The third-order valence-electron chi connectivity index (χ3n) is 4.00. The van der Waals surface area contributed by atoms with Crippen LogP contribution in [0.25, 0.3) is 0 Å². The van der Waals surface area contributed by atoms with E-state index < -0.39 is 0 Å². The molecule has 1 aromatic rings. The van der Waals surface area contributed by atoms with E-state index in [1.165, 1.54) is 0 Å². The smallest absolute Gasteiger partial charge is 0.253 e. The number of allylic oxidation sites excluding steroid dienone is 1. The Morgan fingerprint density at radius 1 is 1.33 bits per heavy atom. The molecule has 1 fully saturated rings. The Labute approximate surface area is 127 Å². The quantitative estimate of drug-likeness (QED) is 0.779. The van der Waals surface area contributed by atoms with E-state index >= 15 is 0 Å².